The average molecular weight is 539 g/mol. The zero-order valence-corrected chi connectivity index (χ0v) is 23.6. The third kappa shape index (κ3) is 6.40. The lowest BCUT2D eigenvalue weighted by Gasteiger charge is -2.27. The van der Waals surface area contributed by atoms with E-state index in [0.29, 0.717) is 24.1 Å². The molecule has 3 aromatic rings. The molecular weight excluding hydrogens is 504 g/mol. The number of para-hydroxylation sites is 1. The van der Waals surface area contributed by atoms with Gasteiger partial charge in [-0.2, -0.15) is 10.4 Å². The Bertz CT molecular complexity index is 1430. The van der Waals surface area contributed by atoms with Crippen LogP contribution < -0.4 is 0 Å². The predicted molar refractivity (Wildman–Crippen MR) is 157 cm³/mol. The van der Waals surface area contributed by atoms with Crippen LogP contribution in [0.5, 0.6) is 0 Å². The van der Waals surface area contributed by atoms with E-state index < -0.39 is 5.91 Å². The van der Waals surface area contributed by atoms with Crippen LogP contribution in [0.4, 0.5) is 0 Å². The summed E-state index contributed by atoms with van der Waals surface area (Å²) in [6, 6.07) is 20.2. The molecule has 0 atom stereocenters. The number of amides is 2. The molecule has 0 bridgehead atoms. The maximum atomic E-state index is 13.6. The van der Waals surface area contributed by atoms with E-state index in [4.69, 9.17) is 5.10 Å². The number of benzene rings is 2. The Hall–Kier alpha value is -3.89. The fourth-order valence-corrected chi connectivity index (χ4v) is 5.48. The number of nitrogens with zero attached hydrogens (tertiary/aromatic N) is 4. The fourth-order valence-electron chi connectivity index (χ4n) is 4.48. The number of carbonyl (C=O) groups excluding carboxylic acids is 2. The van der Waals surface area contributed by atoms with Crippen molar-refractivity contribution in [3.05, 3.63) is 83.1 Å². The van der Waals surface area contributed by atoms with Gasteiger partial charge in [-0.15, -0.1) is 11.8 Å². The highest BCUT2D eigenvalue weighted by atomic mass is 32.2. The van der Waals surface area contributed by atoms with Gasteiger partial charge in [0.2, 0.25) is 0 Å². The third-order valence-corrected chi connectivity index (χ3v) is 7.87. The number of nitriles is 1. The van der Waals surface area contributed by atoms with Crippen LogP contribution in [-0.4, -0.2) is 38.8 Å². The summed E-state index contributed by atoms with van der Waals surface area (Å²) in [5, 5.41) is 14.7. The third-order valence-electron chi connectivity index (χ3n) is 6.77. The normalized spacial score (nSPS) is 14.8. The smallest absolute Gasteiger partial charge is 0.271 e. The van der Waals surface area contributed by atoms with Crippen molar-refractivity contribution >= 4 is 29.7 Å². The lowest BCUT2D eigenvalue weighted by atomic mass is 9.93. The SMILES string of the molecule is CCCCCN1C(=O)C(C#N)=C(C)/C(=C\c2cn(-c3ccccc3)nc2-c2ccc(SCCCC)cc2)C1=O. The quantitative estimate of drug-likeness (QED) is 0.111. The molecule has 1 aliphatic heterocycles. The molecule has 0 spiro atoms. The molecule has 0 aliphatic carbocycles. The number of hydrogen-bond donors (Lipinski definition) is 0. The van der Waals surface area contributed by atoms with Crippen molar-refractivity contribution in [2.45, 2.75) is 57.8 Å². The maximum Gasteiger partial charge on any atom is 0.271 e. The molecule has 0 saturated heterocycles. The van der Waals surface area contributed by atoms with Crippen LogP contribution in [0.3, 0.4) is 0 Å². The summed E-state index contributed by atoms with van der Waals surface area (Å²) < 4.78 is 1.80. The van der Waals surface area contributed by atoms with E-state index in [0.717, 1.165) is 41.1 Å². The predicted octanol–water partition coefficient (Wildman–Crippen LogP) is 7.21. The van der Waals surface area contributed by atoms with Gasteiger partial charge in [0.15, 0.2) is 0 Å². The van der Waals surface area contributed by atoms with E-state index in [1.807, 2.05) is 54.4 Å². The zero-order valence-electron chi connectivity index (χ0n) is 22.8. The molecular formula is C32H34N4O2S. The first-order chi connectivity index (χ1) is 19.0. The van der Waals surface area contributed by atoms with Crippen LogP contribution in [-0.2, 0) is 9.59 Å². The monoisotopic (exact) mass is 538 g/mol. The molecule has 0 saturated carbocycles. The summed E-state index contributed by atoms with van der Waals surface area (Å²) in [7, 11) is 0. The van der Waals surface area contributed by atoms with Gasteiger partial charge in [-0.25, -0.2) is 4.68 Å². The summed E-state index contributed by atoms with van der Waals surface area (Å²) in [5.74, 6) is 0.205. The van der Waals surface area contributed by atoms with Gasteiger partial charge in [0, 0.05) is 34.3 Å². The molecule has 0 radical (unpaired) electrons. The molecule has 4 rings (SSSR count). The number of imide groups is 1. The summed E-state index contributed by atoms with van der Waals surface area (Å²) in [5.41, 5.74) is 4.06. The van der Waals surface area contributed by atoms with Crippen molar-refractivity contribution in [1.29, 1.82) is 5.26 Å². The Morgan fingerprint density at radius 1 is 0.949 bits per heavy atom. The molecule has 2 amide bonds. The van der Waals surface area contributed by atoms with Crippen LogP contribution in [0, 0.1) is 11.3 Å². The molecule has 2 aromatic carbocycles. The van der Waals surface area contributed by atoms with Crippen LogP contribution in [0.25, 0.3) is 23.0 Å². The molecule has 0 fully saturated rings. The van der Waals surface area contributed by atoms with E-state index in [2.05, 4.69) is 38.1 Å². The van der Waals surface area contributed by atoms with Gasteiger partial charge in [-0.05, 0) is 61.4 Å². The largest absolute Gasteiger partial charge is 0.274 e. The number of thioether (sulfide) groups is 1. The number of carbonyl (C=O) groups is 2. The van der Waals surface area contributed by atoms with Gasteiger partial charge < -0.3 is 0 Å². The second-order valence-corrected chi connectivity index (χ2v) is 10.7. The van der Waals surface area contributed by atoms with Crippen LogP contribution in [0.2, 0.25) is 0 Å². The van der Waals surface area contributed by atoms with Gasteiger partial charge in [-0.3, -0.25) is 14.5 Å². The van der Waals surface area contributed by atoms with Crippen molar-refractivity contribution in [1.82, 2.24) is 14.7 Å². The number of rotatable bonds is 11. The lowest BCUT2D eigenvalue weighted by molar-refractivity contribution is -0.140. The topological polar surface area (TPSA) is 79.0 Å². The highest BCUT2D eigenvalue weighted by molar-refractivity contribution is 7.99. The Balaban J connectivity index is 1.79. The van der Waals surface area contributed by atoms with Gasteiger partial charge in [0.1, 0.15) is 11.6 Å². The molecule has 7 heteroatoms. The molecule has 6 nitrogen and oxygen atoms in total. The summed E-state index contributed by atoms with van der Waals surface area (Å²) >= 11 is 1.84. The standard InChI is InChI=1S/C32H34N4O2S/c1-4-6-11-18-35-31(37)28(23(3)29(21-33)32(35)38)20-25-22-36(26-12-9-8-10-13-26)34-30(25)24-14-16-27(17-15-24)39-19-7-5-2/h8-10,12-17,20,22H,4-7,11,18-19H2,1-3H3/b28-20+. The summed E-state index contributed by atoms with van der Waals surface area (Å²) in [6.45, 7) is 6.23. The van der Waals surface area contributed by atoms with E-state index in [9.17, 15) is 14.9 Å². The molecule has 1 aliphatic rings. The Kier molecular flexibility index (Phi) is 9.56. The second-order valence-electron chi connectivity index (χ2n) is 9.58. The first-order valence-electron chi connectivity index (χ1n) is 13.6. The Morgan fingerprint density at radius 2 is 1.67 bits per heavy atom. The molecule has 200 valence electrons. The number of unbranched alkanes of at least 4 members (excludes halogenated alkanes) is 3. The number of hydrogen-bond acceptors (Lipinski definition) is 5. The van der Waals surface area contributed by atoms with Gasteiger partial charge in [0.25, 0.3) is 11.8 Å². The minimum absolute atomic E-state index is 0.0165. The fraction of sp³-hybridized carbons (Fsp3) is 0.312. The van der Waals surface area contributed by atoms with Gasteiger partial charge >= 0.3 is 0 Å². The minimum Gasteiger partial charge on any atom is -0.274 e. The van der Waals surface area contributed by atoms with E-state index in [-0.39, 0.29) is 11.5 Å². The van der Waals surface area contributed by atoms with Crippen LogP contribution in [0.15, 0.2) is 82.4 Å². The molecule has 1 aromatic heterocycles. The molecule has 0 N–H and O–H groups in total. The van der Waals surface area contributed by atoms with E-state index in [1.165, 1.54) is 22.6 Å². The van der Waals surface area contributed by atoms with Crippen molar-refractivity contribution in [2.75, 3.05) is 12.3 Å². The summed E-state index contributed by atoms with van der Waals surface area (Å²) in [6.07, 6.45) is 8.60. The first-order valence-corrected chi connectivity index (χ1v) is 14.5. The van der Waals surface area contributed by atoms with Gasteiger partial charge in [0.05, 0.1) is 11.4 Å². The zero-order chi connectivity index (χ0) is 27.8. The van der Waals surface area contributed by atoms with E-state index in [1.54, 1.807) is 17.7 Å². The van der Waals surface area contributed by atoms with Crippen molar-refractivity contribution < 1.29 is 9.59 Å². The maximum absolute atomic E-state index is 13.6. The second kappa shape index (κ2) is 13.3. The van der Waals surface area contributed by atoms with Crippen molar-refractivity contribution in [2.24, 2.45) is 0 Å². The Morgan fingerprint density at radius 3 is 2.33 bits per heavy atom. The highest BCUT2D eigenvalue weighted by Crippen LogP contribution is 2.32. The van der Waals surface area contributed by atoms with Crippen LogP contribution >= 0.6 is 11.8 Å². The lowest BCUT2D eigenvalue weighted by Crippen LogP contribution is -2.43. The van der Waals surface area contributed by atoms with Crippen molar-refractivity contribution in [3.8, 4) is 23.0 Å². The highest BCUT2D eigenvalue weighted by Gasteiger charge is 2.35. The van der Waals surface area contributed by atoms with Crippen LogP contribution in [0.1, 0.15) is 58.4 Å². The number of aromatic nitrogens is 2. The van der Waals surface area contributed by atoms with Crippen molar-refractivity contribution in [3.63, 3.8) is 0 Å². The molecule has 2 heterocycles. The molecule has 0 unspecified atom stereocenters. The average Bonchev–Trinajstić information content (AvgIpc) is 3.38. The summed E-state index contributed by atoms with van der Waals surface area (Å²) in [4.78, 5) is 28.9. The van der Waals surface area contributed by atoms with E-state index >= 15 is 0 Å². The Labute approximate surface area is 235 Å². The minimum atomic E-state index is -0.510. The first kappa shape index (κ1) is 28.1. The van der Waals surface area contributed by atoms with Gasteiger partial charge in [-0.1, -0.05) is 63.4 Å². The molecule has 39 heavy (non-hydrogen) atoms.